The second-order valence-corrected chi connectivity index (χ2v) is 8.88. The lowest BCUT2D eigenvalue weighted by Crippen LogP contribution is -2.15. The molecule has 0 bridgehead atoms. The van der Waals surface area contributed by atoms with Crippen LogP contribution in [0, 0.1) is 18.8 Å². The molecule has 0 N–H and O–H groups in total. The summed E-state index contributed by atoms with van der Waals surface area (Å²) in [6.07, 6.45) is 20.6. The average molecular weight is 379 g/mol. The van der Waals surface area contributed by atoms with Crippen LogP contribution >= 0.6 is 0 Å². The van der Waals surface area contributed by atoms with Gasteiger partial charge in [-0.25, -0.2) is 9.97 Å². The van der Waals surface area contributed by atoms with E-state index in [1.165, 1.54) is 81.8 Å². The van der Waals surface area contributed by atoms with Crippen molar-refractivity contribution in [2.24, 2.45) is 11.8 Å². The van der Waals surface area contributed by atoms with Gasteiger partial charge in [0.05, 0.1) is 0 Å². The number of hydrogen-bond donors (Lipinski definition) is 0. The molecule has 0 atom stereocenters. The van der Waals surface area contributed by atoms with Crippen LogP contribution in [-0.2, 0) is 6.42 Å². The molecule has 2 nitrogen and oxygen atoms in total. The topological polar surface area (TPSA) is 25.8 Å². The molecule has 0 spiro atoms. The van der Waals surface area contributed by atoms with Gasteiger partial charge in [0.2, 0.25) is 0 Å². The summed E-state index contributed by atoms with van der Waals surface area (Å²) in [7, 11) is 0. The maximum atomic E-state index is 4.63. The summed E-state index contributed by atoms with van der Waals surface area (Å²) in [5.74, 6) is 2.90. The molecule has 1 fully saturated rings. The van der Waals surface area contributed by atoms with Crippen molar-refractivity contribution in [2.75, 3.05) is 0 Å². The number of benzene rings is 1. The van der Waals surface area contributed by atoms with Gasteiger partial charge >= 0.3 is 0 Å². The van der Waals surface area contributed by atoms with Crippen LogP contribution in [0.2, 0.25) is 0 Å². The largest absolute Gasteiger partial charge is 0.241 e. The van der Waals surface area contributed by atoms with Gasteiger partial charge in [-0.2, -0.15) is 0 Å². The van der Waals surface area contributed by atoms with Crippen LogP contribution in [0.5, 0.6) is 0 Å². The summed E-state index contributed by atoms with van der Waals surface area (Å²) in [4.78, 5) is 9.26. The van der Waals surface area contributed by atoms with Gasteiger partial charge in [-0.15, -0.1) is 0 Å². The van der Waals surface area contributed by atoms with Crippen molar-refractivity contribution in [1.82, 2.24) is 9.97 Å². The van der Waals surface area contributed by atoms with E-state index in [1.807, 2.05) is 12.4 Å². The summed E-state index contributed by atoms with van der Waals surface area (Å²) in [6, 6.07) is 8.58. The van der Waals surface area contributed by atoms with Crippen LogP contribution in [0.15, 0.2) is 36.7 Å². The molecule has 0 radical (unpaired) electrons. The number of rotatable bonds is 10. The van der Waals surface area contributed by atoms with Crippen LogP contribution in [0.25, 0.3) is 11.1 Å². The van der Waals surface area contributed by atoms with Gasteiger partial charge in [-0.05, 0) is 30.7 Å². The third-order valence-electron chi connectivity index (χ3n) is 6.55. The molecular weight excluding hydrogens is 340 g/mol. The van der Waals surface area contributed by atoms with E-state index in [-0.39, 0.29) is 0 Å². The van der Waals surface area contributed by atoms with Crippen molar-refractivity contribution < 1.29 is 0 Å². The van der Waals surface area contributed by atoms with Gasteiger partial charge < -0.3 is 0 Å². The van der Waals surface area contributed by atoms with E-state index in [2.05, 4.69) is 48.1 Å². The highest BCUT2D eigenvalue weighted by Crippen LogP contribution is 2.34. The maximum absolute atomic E-state index is 4.63. The van der Waals surface area contributed by atoms with E-state index < -0.39 is 0 Å². The standard InChI is InChI=1S/C26H38N2/c1-3-4-5-6-7-8-22-11-13-23(14-12-22)15-18-26-27-19-25(20-28-26)24-16-9-21(2)10-17-24/h9-10,16-17,19-20,22-23H,3-8,11-15,18H2,1-2H3. The van der Waals surface area contributed by atoms with Crippen molar-refractivity contribution in [3.05, 3.63) is 48.0 Å². The quantitative estimate of drug-likeness (QED) is 0.399. The first-order valence-corrected chi connectivity index (χ1v) is 11.6. The van der Waals surface area contributed by atoms with E-state index in [9.17, 15) is 0 Å². The minimum atomic E-state index is 0.886. The molecule has 3 rings (SSSR count). The fourth-order valence-electron chi connectivity index (χ4n) is 4.56. The zero-order chi connectivity index (χ0) is 19.6. The third kappa shape index (κ3) is 6.72. The molecule has 1 aromatic carbocycles. The highest BCUT2D eigenvalue weighted by atomic mass is 14.9. The number of hydrogen-bond acceptors (Lipinski definition) is 2. The Morgan fingerprint density at radius 1 is 0.750 bits per heavy atom. The Bertz CT molecular complexity index is 667. The lowest BCUT2D eigenvalue weighted by atomic mass is 9.78. The summed E-state index contributed by atoms with van der Waals surface area (Å²) in [5.41, 5.74) is 3.60. The second kappa shape index (κ2) is 11.3. The Labute approximate surface area is 172 Å². The monoisotopic (exact) mass is 378 g/mol. The van der Waals surface area contributed by atoms with Crippen molar-refractivity contribution in [2.45, 2.75) is 90.9 Å². The lowest BCUT2D eigenvalue weighted by Gasteiger charge is -2.28. The van der Waals surface area contributed by atoms with Gasteiger partial charge in [-0.3, -0.25) is 0 Å². The summed E-state index contributed by atoms with van der Waals surface area (Å²) >= 11 is 0. The Kier molecular flexibility index (Phi) is 8.51. The molecule has 0 saturated heterocycles. The SMILES string of the molecule is CCCCCCCC1CCC(CCc2ncc(-c3ccc(C)cc3)cn2)CC1. The maximum Gasteiger partial charge on any atom is 0.128 e. The number of unbranched alkanes of at least 4 members (excludes halogenated alkanes) is 4. The van der Waals surface area contributed by atoms with E-state index in [0.29, 0.717) is 0 Å². The zero-order valence-electron chi connectivity index (χ0n) is 18.0. The first-order chi connectivity index (χ1) is 13.7. The fourth-order valence-corrected chi connectivity index (χ4v) is 4.56. The fraction of sp³-hybridized carbons (Fsp3) is 0.615. The van der Waals surface area contributed by atoms with Gasteiger partial charge in [0, 0.05) is 24.4 Å². The number of aromatic nitrogens is 2. The zero-order valence-corrected chi connectivity index (χ0v) is 18.0. The van der Waals surface area contributed by atoms with E-state index in [1.54, 1.807) is 0 Å². The Morgan fingerprint density at radius 3 is 2.00 bits per heavy atom. The predicted octanol–water partition coefficient (Wildman–Crippen LogP) is 7.55. The van der Waals surface area contributed by atoms with Crippen molar-refractivity contribution in [3.8, 4) is 11.1 Å². The molecule has 0 unspecified atom stereocenters. The second-order valence-electron chi connectivity index (χ2n) is 8.88. The number of nitrogens with zero attached hydrogens (tertiary/aromatic N) is 2. The summed E-state index contributed by atoms with van der Waals surface area (Å²) in [6.45, 7) is 4.41. The molecule has 1 aromatic heterocycles. The molecule has 1 saturated carbocycles. The van der Waals surface area contributed by atoms with Crippen LogP contribution in [0.1, 0.15) is 88.9 Å². The smallest absolute Gasteiger partial charge is 0.128 e. The summed E-state index contributed by atoms with van der Waals surface area (Å²) < 4.78 is 0. The Hall–Kier alpha value is -1.70. The molecule has 152 valence electrons. The predicted molar refractivity (Wildman–Crippen MR) is 119 cm³/mol. The summed E-state index contributed by atoms with van der Waals surface area (Å²) in [5, 5.41) is 0. The average Bonchev–Trinajstić information content (AvgIpc) is 2.74. The Morgan fingerprint density at radius 2 is 1.36 bits per heavy atom. The van der Waals surface area contributed by atoms with Crippen LogP contribution < -0.4 is 0 Å². The van der Waals surface area contributed by atoms with E-state index in [4.69, 9.17) is 0 Å². The van der Waals surface area contributed by atoms with Gasteiger partial charge in [-0.1, -0.05) is 101 Å². The molecule has 0 aliphatic heterocycles. The number of aryl methyl sites for hydroxylation is 2. The first kappa shape index (κ1) is 21.0. The molecule has 1 aliphatic rings. The molecule has 1 heterocycles. The molecule has 0 amide bonds. The lowest BCUT2D eigenvalue weighted by molar-refractivity contribution is 0.248. The minimum Gasteiger partial charge on any atom is -0.241 e. The van der Waals surface area contributed by atoms with Gasteiger partial charge in [0.1, 0.15) is 5.82 Å². The van der Waals surface area contributed by atoms with Gasteiger partial charge in [0.25, 0.3) is 0 Å². The molecule has 2 aromatic rings. The van der Waals surface area contributed by atoms with Crippen LogP contribution in [0.3, 0.4) is 0 Å². The Balaban J connectivity index is 1.35. The van der Waals surface area contributed by atoms with Crippen molar-refractivity contribution in [1.29, 1.82) is 0 Å². The minimum absolute atomic E-state index is 0.886. The molecular formula is C26H38N2. The van der Waals surface area contributed by atoms with E-state index in [0.717, 1.165) is 29.6 Å². The molecule has 1 aliphatic carbocycles. The van der Waals surface area contributed by atoms with Crippen LogP contribution in [-0.4, -0.2) is 9.97 Å². The normalized spacial score (nSPS) is 19.6. The molecule has 2 heteroatoms. The van der Waals surface area contributed by atoms with Crippen LogP contribution in [0.4, 0.5) is 0 Å². The van der Waals surface area contributed by atoms with Gasteiger partial charge in [0.15, 0.2) is 0 Å². The third-order valence-corrected chi connectivity index (χ3v) is 6.55. The van der Waals surface area contributed by atoms with Crippen molar-refractivity contribution >= 4 is 0 Å². The van der Waals surface area contributed by atoms with E-state index >= 15 is 0 Å². The first-order valence-electron chi connectivity index (χ1n) is 11.6. The van der Waals surface area contributed by atoms with Crippen molar-refractivity contribution in [3.63, 3.8) is 0 Å². The highest BCUT2D eigenvalue weighted by molar-refractivity contribution is 5.61. The highest BCUT2D eigenvalue weighted by Gasteiger charge is 2.20. The molecule has 28 heavy (non-hydrogen) atoms.